The molecule has 328 valence electrons. The third kappa shape index (κ3) is 15.9. The number of aromatic nitrogens is 1. The molecule has 20 nitrogen and oxygen atoms in total. The van der Waals surface area contributed by atoms with Gasteiger partial charge in [-0.15, -0.1) is 0 Å². The Bertz CT molecular complexity index is 1780. The molecule has 2 aromatic rings. The van der Waals surface area contributed by atoms with Crippen LogP contribution in [-0.2, 0) is 44.8 Å². The number of carboxylic acids is 1. The van der Waals surface area contributed by atoms with Crippen LogP contribution in [0, 0.1) is 11.8 Å². The lowest BCUT2D eigenvalue weighted by molar-refractivity contribution is -0.143. The van der Waals surface area contributed by atoms with Crippen molar-refractivity contribution < 1.29 is 48.6 Å². The summed E-state index contributed by atoms with van der Waals surface area (Å²) in [5, 5.41) is 35.3. The van der Waals surface area contributed by atoms with Gasteiger partial charge in [-0.2, -0.15) is 0 Å². The maximum atomic E-state index is 14.0. The van der Waals surface area contributed by atoms with Crippen molar-refractivity contribution in [3.63, 3.8) is 0 Å². The number of para-hydroxylation sites is 1. The van der Waals surface area contributed by atoms with E-state index in [-0.39, 0.29) is 25.2 Å². The van der Waals surface area contributed by atoms with Crippen LogP contribution in [0.15, 0.2) is 30.5 Å². The van der Waals surface area contributed by atoms with Crippen LogP contribution in [0.25, 0.3) is 10.9 Å². The van der Waals surface area contributed by atoms with Gasteiger partial charge < -0.3 is 64.3 Å². The second-order valence-corrected chi connectivity index (χ2v) is 15.5. The Labute approximate surface area is 343 Å². The number of unbranched alkanes of at least 4 members (excludes halogenated alkanes) is 1. The molecule has 0 saturated heterocycles. The highest BCUT2D eigenvalue weighted by Gasteiger charge is 2.34. The summed E-state index contributed by atoms with van der Waals surface area (Å²) in [6, 6.07) is -2.05. The van der Waals surface area contributed by atoms with Gasteiger partial charge in [-0.1, -0.05) is 45.9 Å². The molecule has 0 aliphatic rings. The molecule has 59 heavy (non-hydrogen) atoms. The molecule has 15 N–H and O–H groups in total. The topological polar surface area (TPSA) is 343 Å². The van der Waals surface area contributed by atoms with Crippen LogP contribution in [0.3, 0.4) is 0 Å². The van der Waals surface area contributed by atoms with Crippen molar-refractivity contribution in [3.05, 3.63) is 36.0 Å². The van der Waals surface area contributed by atoms with E-state index in [1.54, 1.807) is 40.0 Å². The summed E-state index contributed by atoms with van der Waals surface area (Å²) >= 11 is 0. The Kier molecular flexibility index (Phi) is 19.9. The lowest BCUT2D eigenvalue weighted by atomic mass is 9.99. The average molecular weight is 831 g/mol. The van der Waals surface area contributed by atoms with Gasteiger partial charge >= 0.3 is 5.97 Å². The minimum absolute atomic E-state index is 0.0758. The van der Waals surface area contributed by atoms with Crippen LogP contribution < -0.4 is 49.1 Å². The molecule has 0 aliphatic carbocycles. The molecule has 0 aliphatic heterocycles. The Morgan fingerprint density at radius 1 is 0.712 bits per heavy atom. The largest absolute Gasteiger partial charge is 0.480 e. The average Bonchev–Trinajstić information content (AvgIpc) is 3.56. The predicted octanol–water partition coefficient (Wildman–Crippen LogP) is -1.86. The van der Waals surface area contributed by atoms with Crippen molar-refractivity contribution in [3.8, 4) is 0 Å². The second-order valence-electron chi connectivity index (χ2n) is 15.5. The zero-order valence-electron chi connectivity index (χ0n) is 34.5. The maximum absolute atomic E-state index is 14.0. The summed E-state index contributed by atoms with van der Waals surface area (Å²) in [6.45, 7) is 9.82. The number of H-pyrrole nitrogens is 1. The Morgan fingerprint density at radius 2 is 1.29 bits per heavy atom. The molecular weight excluding hydrogens is 768 g/mol. The van der Waals surface area contributed by atoms with Gasteiger partial charge in [-0.05, 0) is 69.5 Å². The molecule has 0 spiro atoms. The number of aliphatic carboxylic acids is 1. The molecule has 1 heterocycles. The summed E-state index contributed by atoms with van der Waals surface area (Å²) in [7, 11) is 0. The van der Waals surface area contributed by atoms with E-state index in [1.165, 1.54) is 13.8 Å². The summed E-state index contributed by atoms with van der Waals surface area (Å²) in [5.41, 5.74) is 18.0. The van der Waals surface area contributed by atoms with Gasteiger partial charge in [0.2, 0.25) is 41.4 Å². The van der Waals surface area contributed by atoms with Crippen molar-refractivity contribution in [2.24, 2.45) is 29.0 Å². The van der Waals surface area contributed by atoms with Gasteiger partial charge in [-0.3, -0.25) is 33.6 Å². The fourth-order valence-electron chi connectivity index (χ4n) is 6.08. The van der Waals surface area contributed by atoms with E-state index in [4.69, 9.17) is 17.2 Å². The Morgan fingerprint density at radius 3 is 1.86 bits per heavy atom. The number of amides is 7. The van der Waals surface area contributed by atoms with Gasteiger partial charge in [-0.25, -0.2) is 4.79 Å². The number of aromatic amines is 1. The molecular formula is C39H62N10O10. The number of nitrogens with one attached hydrogen (secondary N) is 7. The minimum Gasteiger partial charge on any atom is -0.480 e. The molecule has 1 aromatic carbocycles. The van der Waals surface area contributed by atoms with Crippen LogP contribution in [0.1, 0.15) is 79.2 Å². The molecule has 0 saturated carbocycles. The highest BCUT2D eigenvalue weighted by molar-refractivity contribution is 5.98. The lowest BCUT2D eigenvalue weighted by Gasteiger charge is -2.28. The summed E-state index contributed by atoms with van der Waals surface area (Å²) in [5.74, 6) is -7.89. The third-order valence-corrected chi connectivity index (χ3v) is 9.49. The summed E-state index contributed by atoms with van der Waals surface area (Å²) < 4.78 is 0. The van der Waals surface area contributed by atoms with Crippen LogP contribution in [0.5, 0.6) is 0 Å². The number of fused-ring (bicyclic) bond motifs is 1. The number of carboxylic acid groups (broad SMARTS) is 1. The van der Waals surface area contributed by atoms with E-state index in [2.05, 4.69) is 36.9 Å². The van der Waals surface area contributed by atoms with E-state index in [9.17, 15) is 48.6 Å². The number of aliphatic hydroxyl groups is 1. The molecule has 7 amide bonds. The van der Waals surface area contributed by atoms with Crippen molar-refractivity contribution >= 4 is 58.2 Å². The number of rotatable bonds is 25. The highest BCUT2D eigenvalue weighted by Crippen LogP contribution is 2.20. The number of aliphatic hydroxyl groups excluding tert-OH is 1. The summed E-state index contributed by atoms with van der Waals surface area (Å²) in [4.78, 5) is 108. The third-order valence-electron chi connectivity index (χ3n) is 9.49. The first-order chi connectivity index (χ1) is 27.7. The second kappa shape index (κ2) is 23.7. The quantitative estimate of drug-likeness (QED) is 0.0491. The number of hydrogen-bond donors (Lipinski definition) is 12. The van der Waals surface area contributed by atoms with Crippen molar-refractivity contribution in [2.75, 3.05) is 6.54 Å². The van der Waals surface area contributed by atoms with Crippen LogP contribution >= 0.6 is 0 Å². The molecule has 2 rings (SSSR count). The maximum Gasteiger partial charge on any atom is 0.326 e. The van der Waals surface area contributed by atoms with E-state index in [0.29, 0.717) is 24.9 Å². The smallest absolute Gasteiger partial charge is 0.326 e. The molecule has 0 radical (unpaired) electrons. The number of carbonyl (C=O) groups is 8. The number of primary amides is 1. The van der Waals surface area contributed by atoms with Crippen molar-refractivity contribution in [1.82, 2.24) is 36.9 Å². The molecule has 8 atom stereocenters. The summed E-state index contributed by atoms with van der Waals surface area (Å²) in [6.07, 6.45) is 0.910. The number of benzene rings is 1. The SMILES string of the molecule is CC(C)CC(NC(=O)C(N)C(C)O)C(=O)NC(CC(N)=O)C(=O)NC(C)C(=O)NC(Cc1c[nH]c2ccccc12)C(=O)NC(C(=O)NC(CCCCN)C(=O)O)C(C)C. The van der Waals surface area contributed by atoms with E-state index < -0.39 is 108 Å². The van der Waals surface area contributed by atoms with Crippen LogP contribution in [0.4, 0.5) is 0 Å². The molecule has 20 heteroatoms. The van der Waals surface area contributed by atoms with Gasteiger partial charge in [0.15, 0.2) is 0 Å². The van der Waals surface area contributed by atoms with Crippen LogP contribution in [-0.4, -0.2) is 117 Å². The number of hydrogen-bond acceptors (Lipinski definition) is 11. The van der Waals surface area contributed by atoms with E-state index in [1.807, 2.05) is 18.2 Å². The number of carbonyl (C=O) groups excluding carboxylic acids is 7. The Balaban J connectivity index is 2.33. The molecule has 8 unspecified atom stereocenters. The van der Waals surface area contributed by atoms with Crippen molar-refractivity contribution in [1.29, 1.82) is 0 Å². The Hall–Kier alpha value is -5.60. The predicted molar refractivity (Wildman–Crippen MR) is 218 cm³/mol. The first kappa shape index (κ1) is 49.5. The zero-order valence-corrected chi connectivity index (χ0v) is 34.5. The first-order valence-electron chi connectivity index (χ1n) is 19.7. The minimum atomic E-state index is -1.59. The zero-order chi connectivity index (χ0) is 44.6. The fourth-order valence-corrected chi connectivity index (χ4v) is 6.08. The normalized spacial score (nSPS) is 15.4. The fraction of sp³-hybridized carbons (Fsp3) is 0.590. The van der Waals surface area contributed by atoms with Crippen LogP contribution in [0.2, 0.25) is 0 Å². The monoisotopic (exact) mass is 830 g/mol. The van der Waals surface area contributed by atoms with Gasteiger partial charge in [0.05, 0.1) is 12.5 Å². The standard InChI is InChI=1S/C39H62N10O10/c1-19(2)15-27(48-37(56)31(42)22(6)50)35(54)47-29(17-30(41)51)34(53)44-21(5)33(52)46-28(16-23-18-43-25-12-8-7-11-24(23)25)36(55)49-32(20(3)4)38(57)45-26(39(58)59)13-9-10-14-40/h7-8,11-12,18-22,26-29,31-32,43,50H,9-10,13-17,40,42H2,1-6H3,(H2,41,51)(H,44,53)(H,45,57)(H,46,52)(H,47,54)(H,48,56)(H,49,55)(H,58,59). The molecule has 0 fully saturated rings. The van der Waals surface area contributed by atoms with E-state index >= 15 is 0 Å². The van der Waals surface area contributed by atoms with Crippen molar-refractivity contribution in [2.45, 2.75) is 128 Å². The van der Waals surface area contributed by atoms with Gasteiger partial charge in [0, 0.05) is 23.5 Å². The van der Waals surface area contributed by atoms with Gasteiger partial charge in [0.25, 0.3) is 0 Å². The lowest BCUT2D eigenvalue weighted by Crippen LogP contribution is -2.60. The molecule has 1 aromatic heterocycles. The van der Waals surface area contributed by atoms with E-state index in [0.717, 1.165) is 10.9 Å². The highest BCUT2D eigenvalue weighted by atomic mass is 16.4. The first-order valence-corrected chi connectivity index (χ1v) is 19.7. The number of nitrogens with two attached hydrogens (primary N) is 3. The van der Waals surface area contributed by atoms with Gasteiger partial charge in [0.1, 0.15) is 42.3 Å². The molecule has 0 bridgehead atoms.